The first-order valence-electron chi connectivity index (χ1n) is 8.42. The van der Waals surface area contributed by atoms with Crippen molar-refractivity contribution in [3.05, 3.63) is 52.2 Å². The van der Waals surface area contributed by atoms with Crippen LogP contribution in [0.3, 0.4) is 0 Å². The highest BCUT2D eigenvalue weighted by atomic mass is 32.1. The van der Waals surface area contributed by atoms with Crippen molar-refractivity contribution in [2.24, 2.45) is 5.92 Å². The molecule has 1 aromatic carbocycles. The summed E-state index contributed by atoms with van der Waals surface area (Å²) in [5.74, 6) is 0.416. The van der Waals surface area contributed by atoms with Gasteiger partial charge in [-0.3, -0.25) is 9.59 Å². The fourth-order valence-electron chi connectivity index (χ4n) is 2.91. The Morgan fingerprint density at radius 2 is 2.00 bits per heavy atom. The van der Waals surface area contributed by atoms with Crippen molar-refractivity contribution in [3.63, 3.8) is 0 Å². The SMILES string of the molecule is CC(C)[C@@H](NC(=O)c1cccs1)C(=O)N[C@H]1CCOc2ccccc21. The Bertz CT molecular complexity index is 743. The maximum absolute atomic E-state index is 12.8. The van der Waals surface area contributed by atoms with E-state index in [4.69, 9.17) is 4.74 Å². The number of fused-ring (bicyclic) bond motifs is 1. The number of hydrogen-bond donors (Lipinski definition) is 2. The van der Waals surface area contributed by atoms with Crippen molar-refractivity contribution in [2.75, 3.05) is 6.61 Å². The average Bonchev–Trinajstić information content (AvgIpc) is 3.14. The molecule has 0 spiro atoms. The lowest BCUT2D eigenvalue weighted by Gasteiger charge is -2.29. The highest BCUT2D eigenvalue weighted by Gasteiger charge is 2.29. The standard InChI is InChI=1S/C19H22N2O3S/c1-12(2)17(21-18(22)16-8-5-11-25-16)19(23)20-14-9-10-24-15-7-4-3-6-13(14)15/h3-8,11-12,14,17H,9-10H2,1-2H3,(H,20,23)(H,21,22)/t14-,17+/m0/s1. The van der Waals surface area contributed by atoms with E-state index < -0.39 is 6.04 Å². The number of carbonyl (C=O) groups excluding carboxylic acids is 2. The molecule has 1 aromatic heterocycles. The van der Waals surface area contributed by atoms with E-state index in [2.05, 4.69) is 10.6 Å². The molecule has 6 heteroatoms. The van der Waals surface area contributed by atoms with E-state index in [1.165, 1.54) is 11.3 Å². The maximum Gasteiger partial charge on any atom is 0.262 e. The van der Waals surface area contributed by atoms with E-state index >= 15 is 0 Å². The van der Waals surface area contributed by atoms with Gasteiger partial charge >= 0.3 is 0 Å². The van der Waals surface area contributed by atoms with Crippen LogP contribution >= 0.6 is 11.3 Å². The molecular weight excluding hydrogens is 336 g/mol. The summed E-state index contributed by atoms with van der Waals surface area (Å²) < 4.78 is 5.64. The molecule has 2 aromatic rings. The summed E-state index contributed by atoms with van der Waals surface area (Å²) in [6, 6.07) is 10.6. The summed E-state index contributed by atoms with van der Waals surface area (Å²) in [7, 11) is 0. The second-order valence-corrected chi connectivity index (χ2v) is 7.36. The van der Waals surface area contributed by atoms with Crippen molar-refractivity contribution in [2.45, 2.75) is 32.4 Å². The third-order valence-electron chi connectivity index (χ3n) is 4.26. The number of ether oxygens (including phenoxy) is 1. The number of para-hydroxylation sites is 1. The van der Waals surface area contributed by atoms with Crippen LogP contribution in [0.2, 0.25) is 0 Å². The smallest absolute Gasteiger partial charge is 0.262 e. The summed E-state index contributed by atoms with van der Waals surface area (Å²) >= 11 is 1.36. The zero-order valence-corrected chi connectivity index (χ0v) is 15.1. The Hall–Kier alpha value is -2.34. The lowest BCUT2D eigenvalue weighted by molar-refractivity contribution is -0.124. The molecule has 0 fully saturated rings. The number of amides is 2. The lowest BCUT2D eigenvalue weighted by Crippen LogP contribution is -2.50. The number of nitrogens with one attached hydrogen (secondary N) is 2. The molecular formula is C19H22N2O3S. The highest BCUT2D eigenvalue weighted by Crippen LogP contribution is 2.31. The van der Waals surface area contributed by atoms with Gasteiger partial charge < -0.3 is 15.4 Å². The molecule has 2 amide bonds. The maximum atomic E-state index is 12.8. The van der Waals surface area contributed by atoms with Crippen LogP contribution < -0.4 is 15.4 Å². The molecule has 2 atom stereocenters. The first-order chi connectivity index (χ1) is 12.1. The van der Waals surface area contributed by atoms with Gasteiger partial charge in [-0.1, -0.05) is 38.1 Å². The fraction of sp³-hybridized carbons (Fsp3) is 0.368. The van der Waals surface area contributed by atoms with E-state index in [-0.39, 0.29) is 23.8 Å². The van der Waals surface area contributed by atoms with Gasteiger partial charge in [-0.05, 0) is 23.4 Å². The Morgan fingerprint density at radius 1 is 1.20 bits per heavy atom. The Morgan fingerprint density at radius 3 is 2.72 bits per heavy atom. The number of carbonyl (C=O) groups is 2. The lowest BCUT2D eigenvalue weighted by atomic mass is 9.98. The molecule has 1 aliphatic rings. The Labute approximate surface area is 151 Å². The van der Waals surface area contributed by atoms with Gasteiger partial charge in [-0.2, -0.15) is 0 Å². The molecule has 0 radical (unpaired) electrons. The van der Waals surface area contributed by atoms with Crippen molar-refractivity contribution in [1.29, 1.82) is 0 Å². The minimum atomic E-state index is -0.579. The monoisotopic (exact) mass is 358 g/mol. The predicted molar refractivity (Wildman–Crippen MR) is 97.8 cm³/mol. The van der Waals surface area contributed by atoms with Crippen molar-refractivity contribution in [1.82, 2.24) is 10.6 Å². The first kappa shape index (κ1) is 17.5. The van der Waals surface area contributed by atoms with Gasteiger partial charge in [-0.15, -0.1) is 11.3 Å². The molecule has 0 saturated heterocycles. The molecule has 25 heavy (non-hydrogen) atoms. The zero-order chi connectivity index (χ0) is 17.8. The minimum Gasteiger partial charge on any atom is -0.493 e. The Balaban J connectivity index is 1.71. The van der Waals surface area contributed by atoms with Gasteiger partial charge in [0.2, 0.25) is 5.91 Å². The van der Waals surface area contributed by atoms with Gasteiger partial charge in [0.15, 0.2) is 0 Å². The summed E-state index contributed by atoms with van der Waals surface area (Å²) in [6.45, 7) is 4.42. The van der Waals surface area contributed by atoms with E-state index in [0.717, 1.165) is 11.3 Å². The van der Waals surface area contributed by atoms with E-state index in [0.29, 0.717) is 17.9 Å². The number of benzene rings is 1. The van der Waals surface area contributed by atoms with Crippen LogP contribution in [0.25, 0.3) is 0 Å². The molecule has 5 nitrogen and oxygen atoms in total. The molecule has 3 rings (SSSR count). The topological polar surface area (TPSA) is 67.4 Å². The molecule has 2 N–H and O–H groups in total. The highest BCUT2D eigenvalue weighted by molar-refractivity contribution is 7.12. The molecule has 0 unspecified atom stereocenters. The number of rotatable bonds is 5. The van der Waals surface area contributed by atoms with Crippen LogP contribution in [-0.4, -0.2) is 24.5 Å². The molecule has 132 valence electrons. The molecule has 2 heterocycles. The quantitative estimate of drug-likeness (QED) is 0.863. The van der Waals surface area contributed by atoms with Gasteiger partial charge in [-0.25, -0.2) is 0 Å². The van der Waals surface area contributed by atoms with E-state index in [1.54, 1.807) is 6.07 Å². The van der Waals surface area contributed by atoms with Crippen LogP contribution in [0.1, 0.15) is 41.5 Å². The first-order valence-corrected chi connectivity index (χ1v) is 9.30. The third kappa shape index (κ3) is 4.02. The molecule has 0 bridgehead atoms. The molecule has 0 aliphatic carbocycles. The zero-order valence-electron chi connectivity index (χ0n) is 14.3. The van der Waals surface area contributed by atoms with Gasteiger partial charge in [0, 0.05) is 12.0 Å². The minimum absolute atomic E-state index is 0.0148. The summed E-state index contributed by atoms with van der Waals surface area (Å²) in [4.78, 5) is 25.7. The van der Waals surface area contributed by atoms with Crippen LogP contribution in [0, 0.1) is 5.92 Å². The van der Waals surface area contributed by atoms with Crippen LogP contribution in [-0.2, 0) is 4.79 Å². The summed E-state index contributed by atoms with van der Waals surface area (Å²) in [5.41, 5.74) is 0.981. The second kappa shape index (κ2) is 7.70. The largest absolute Gasteiger partial charge is 0.493 e. The van der Waals surface area contributed by atoms with E-state index in [1.807, 2.05) is 49.6 Å². The summed E-state index contributed by atoms with van der Waals surface area (Å²) in [5, 5.41) is 7.78. The average molecular weight is 358 g/mol. The third-order valence-corrected chi connectivity index (χ3v) is 5.12. The second-order valence-electron chi connectivity index (χ2n) is 6.41. The van der Waals surface area contributed by atoms with E-state index in [9.17, 15) is 9.59 Å². The van der Waals surface area contributed by atoms with Crippen LogP contribution in [0.5, 0.6) is 5.75 Å². The van der Waals surface area contributed by atoms with Gasteiger partial charge in [0.05, 0.1) is 17.5 Å². The van der Waals surface area contributed by atoms with Crippen molar-refractivity contribution < 1.29 is 14.3 Å². The van der Waals surface area contributed by atoms with Gasteiger partial charge in [0.25, 0.3) is 5.91 Å². The van der Waals surface area contributed by atoms with Crippen molar-refractivity contribution >= 4 is 23.2 Å². The van der Waals surface area contributed by atoms with Gasteiger partial charge in [0.1, 0.15) is 11.8 Å². The van der Waals surface area contributed by atoms with Crippen molar-refractivity contribution in [3.8, 4) is 5.75 Å². The Kier molecular flexibility index (Phi) is 5.38. The normalized spacial score (nSPS) is 17.3. The summed E-state index contributed by atoms with van der Waals surface area (Å²) in [6.07, 6.45) is 0.715. The molecule has 0 saturated carbocycles. The number of hydrogen-bond acceptors (Lipinski definition) is 4. The van der Waals surface area contributed by atoms with Crippen LogP contribution in [0.15, 0.2) is 41.8 Å². The molecule has 1 aliphatic heterocycles. The number of thiophene rings is 1. The van der Waals surface area contributed by atoms with Crippen LogP contribution in [0.4, 0.5) is 0 Å². The predicted octanol–water partition coefficient (Wildman–Crippen LogP) is 3.14. The fourth-order valence-corrected chi connectivity index (χ4v) is 3.54.